The number of aromatic nitrogens is 3. The van der Waals surface area contributed by atoms with Crippen LogP contribution >= 0.6 is 11.6 Å². The van der Waals surface area contributed by atoms with E-state index in [1.54, 1.807) is 0 Å². The van der Waals surface area contributed by atoms with Gasteiger partial charge in [0.25, 0.3) is 0 Å². The summed E-state index contributed by atoms with van der Waals surface area (Å²) in [5.41, 5.74) is 1.48. The molecule has 7 heteroatoms. The Labute approximate surface area is 102 Å². The standard InChI is InChI=1S/C10H11ClN4O2/c1-14(10(16)17)4-5-15-3-2-7-8(15)9(11)13-6-12-7/h2-3,6H,4-5H2,1H3,(H,16,17). The largest absolute Gasteiger partial charge is 0.465 e. The Kier molecular flexibility index (Phi) is 3.14. The van der Waals surface area contributed by atoms with E-state index in [1.807, 2.05) is 16.8 Å². The molecule has 1 amide bonds. The minimum Gasteiger partial charge on any atom is -0.465 e. The van der Waals surface area contributed by atoms with E-state index in [2.05, 4.69) is 9.97 Å². The van der Waals surface area contributed by atoms with Gasteiger partial charge < -0.3 is 14.6 Å². The van der Waals surface area contributed by atoms with Crippen LogP contribution in [0.25, 0.3) is 11.0 Å². The van der Waals surface area contributed by atoms with Gasteiger partial charge in [0.05, 0.1) is 5.52 Å². The van der Waals surface area contributed by atoms with Gasteiger partial charge in [-0.05, 0) is 6.07 Å². The fourth-order valence-corrected chi connectivity index (χ4v) is 1.78. The molecular formula is C10H11ClN4O2. The van der Waals surface area contributed by atoms with Crippen LogP contribution in [-0.2, 0) is 6.54 Å². The molecule has 0 fully saturated rings. The van der Waals surface area contributed by atoms with Crippen molar-refractivity contribution in [1.82, 2.24) is 19.4 Å². The first kappa shape index (κ1) is 11.7. The van der Waals surface area contributed by atoms with E-state index in [0.717, 1.165) is 11.0 Å². The normalized spacial score (nSPS) is 10.7. The van der Waals surface area contributed by atoms with E-state index in [9.17, 15) is 4.79 Å². The molecule has 0 aliphatic carbocycles. The lowest BCUT2D eigenvalue weighted by atomic mass is 10.4. The first-order chi connectivity index (χ1) is 8.09. The van der Waals surface area contributed by atoms with Crippen LogP contribution in [0.5, 0.6) is 0 Å². The summed E-state index contributed by atoms with van der Waals surface area (Å²) in [6, 6.07) is 1.82. The molecule has 2 aromatic heterocycles. The second-order valence-corrected chi connectivity index (χ2v) is 3.97. The van der Waals surface area contributed by atoms with Crippen LogP contribution in [0.4, 0.5) is 4.79 Å². The maximum absolute atomic E-state index is 10.7. The fourth-order valence-electron chi connectivity index (χ4n) is 1.53. The van der Waals surface area contributed by atoms with Gasteiger partial charge in [0.1, 0.15) is 11.8 Å². The quantitative estimate of drug-likeness (QED) is 0.846. The molecule has 0 bridgehead atoms. The average Bonchev–Trinajstić information content (AvgIpc) is 2.70. The van der Waals surface area contributed by atoms with E-state index in [0.29, 0.717) is 18.2 Å². The molecule has 6 nitrogen and oxygen atoms in total. The van der Waals surface area contributed by atoms with Gasteiger partial charge >= 0.3 is 6.09 Å². The third-order valence-electron chi connectivity index (χ3n) is 2.51. The van der Waals surface area contributed by atoms with Crippen LogP contribution < -0.4 is 0 Å². The van der Waals surface area contributed by atoms with Crippen LogP contribution in [0.3, 0.4) is 0 Å². The highest BCUT2D eigenvalue weighted by molar-refractivity contribution is 6.33. The maximum Gasteiger partial charge on any atom is 0.407 e. The second-order valence-electron chi connectivity index (χ2n) is 3.61. The molecule has 2 aromatic rings. The molecule has 0 spiro atoms. The van der Waals surface area contributed by atoms with E-state index in [4.69, 9.17) is 16.7 Å². The minimum absolute atomic E-state index is 0.373. The van der Waals surface area contributed by atoms with Gasteiger partial charge in [0.15, 0.2) is 5.15 Å². The summed E-state index contributed by atoms with van der Waals surface area (Å²) < 4.78 is 1.84. The Morgan fingerprint density at radius 3 is 3.06 bits per heavy atom. The van der Waals surface area contributed by atoms with Gasteiger partial charge in [-0.2, -0.15) is 0 Å². The van der Waals surface area contributed by atoms with Crippen LogP contribution in [-0.4, -0.2) is 44.2 Å². The Morgan fingerprint density at radius 1 is 1.59 bits per heavy atom. The number of carbonyl (C=O) groups is 1. The summed E-state index contributed by atoms with van der Waals surface area (Å²) in [5, 5.41) is 9.12. The topological polar surface area (TPSA) is 71.2 Å². The summed E-state index contributed by atoms with van der Waals surface area (Å²) in [5.74, 6) is 0. The maximum atomic E-state index is 10.7. The summed E-state index contributed by atoms with van der Waals surface area (Å²) in [6.07, 6.45) is 2.27. The summed E-state index contributed by atoms with van der Waals surface area (Å²) in [6.45, 7) is 0.893. The summed E-state index contributed by atoms with van der Waals surface area (Å²) >= 11 is 5.98. The third-order valence-corrected chi connectivity index (χ3v) is 2.78. The molecule has 0 saturated heterocycles. The predicted octanol–water partition coefficient (Wildman–Crippen LogP) is 1.69. The summed E-state index contributed by atoms with van der Waals surface area (Å²) in [4.78, 5) is 19.9. The molecule has 0 aliphatic rings. The van der Waals surface area contributed by atoms with E-state index >= 15 is 0 Å². The zero-order valence-electron chi connectivity index (χ0n) is 9.17. The SMILES string of the molecule is CN(CCn1ccc2ncnc(Cl)c21)C(=O)O. The number of carboxylic acid groups (broad SMARTS) is 1. The van der Waals surface area contributed by atoms with Gasteiger partial charge in [-0.25, -0.2) is 14.8 Å². The highest BCUT2D eigenvalue weighted by Crippen LogP contribution is 2.19. The number of halogens is 1. The van der Waals surface area contributed by atoms with Gasteiger partial charge in [-0.1, -0.05) is 11.6 Å². The van der Waals surface area contributed by atoms with Gasteiger partial charge in [-0.3, -0.25) is 0 Å². The molecule has 90 valence electrons. The van der Waals surface area contributed by atoms with Crippen molar-refractivity contribution in [3.8, 4) is 0 Å². The number of likely N-dealkylation sites (N-methyl/N-ethyl adjacent to an activating group) is 1. The van der Waals surface area contributed by atoms with Crippen LogP contribution in [0.2, 0.25) is 5.15 Å². The number of hydrogen-bond acceptors (Lipinski definition) is 3. The van der Waals surface area contributed by atoms with Crippen molar-refractivity contribution in [2.75, 3.05) is 13.6 Å². The van der Waals surface area contributed by atoms with Crippen molar-refractivity contribution < 1.29 is 9.90 Å². The van der Waals surface area contributed by atoms with Crippen molar-refractivity contribution in [2.24, 2.45) is 0 Å². The van der Waals surface area contributed by atoms with Gasteiger partial charge in [0.2, 0.25) is 0 Å². The number of hydrogen-bond donors (Lipinski definition) is 1. The molecule has 0 radical (unpaired) electrons. The molecule has 0 saturated carbocycles. The van der Waals surface area contributed by atoms with Crippen molar-refractivity contribution >= 4 is 28.7 Å². The van der Waals surface area contributed by atoms with Crippen molar-refractivity contribution in [3.63, 3.8) is 0 Å². The lowest BCUT2D eigenvalue weighted by Gasteiger charge is -2.13. The Balaban J connectivity index is 2.22. The zero-order chi connectivity index (χ0) is 12.4. The molecular weight excluding hydrogens is 244 g/mol. The molecule has 0 unspecified atom stereocenters. The number of fused-ring (bicyclic) bond motifs is 1. The molecule has 1 N–H and O–H groups in total. The molecule has 2 rings (SSSR count). The lowest BCUT2D eigenvalue weighted by molar-refractivity contribution is 0.154. The van der Waals surface area contributed by atoms with Crippen molar-refractivity contribution in [3.05, 3.63) is 23.7 Å². The monoisotopic (exact) mass is 254 g/mol. The predicted molar refractivity (Wildman–Crippen MR) is 63.2 cm³/mol. The first-order valence-corrected chi connectivity index (χ1v) is 5.37. The smallest absolute Gasteiger partial charge is 0.407 e. The number of nitrogens with zero attached hydrogens (tertiary/aromatic N) is 4. The highest BCUT2D eigenvalue weighted by Gasteiger charge is 2.09. The van der Waals surface area contributed by atoms with Crippen molar-refractivity contribution in [1.29, 1.82) is 0 Å². The van der Waals surface area contributed by atoms with Crippen LogP contribution in [0.1, 0.15) is 0 Å². The van der Waals surface area contributed by atoms with E-state index in [-0.39, 0.29) is 0 Å². The Bertz CT molecular complexity index is 554. The van der Waals surface area contributed by atoms with Crippen LogP contribution in [0.15, 0.2) is 18.6 Å². The molecule has 0 atom stereocenters. The lowest BCUT2D eigenvalue weighted by Crippen LogP contribution is -2.28. The fraction of sp³-hybridized carbons (Fsp3) is 0.300. The molecule has 0 aromatic carbocycles. The Morgan fingerprint density at radius 2 is 2.35 bits per heavy atom. The number of amides is 1. The zero-order valence-corrected chi connectivity index (χ0v) is 9.92. The second kappa shape index (κ2) is 4.58. The first-order valence-electron chi connectivity index (χ1n) is 4.99. The number of rotatable bonds is 3. The van der Waals surface area contributed by atoms with E-state index < -0.39 is 6.09 Å². The van der Waals surface area contributed by atoms with Gasteiger partial charge in [-0.15, -0.1) is 0 Å². The van der Waals surface area contributed by atoms with Crippen LogP contribution in [0, 0.1) is 0 Å². The van der Waals surface area contributed by atoms with E-state index in [1.165, 1.54) is 18.3 Å². The van der Waals surface area contributed by atoms with Crippen molar-refractivity contribution in [2.45, 2.75) is 6.54 Å². The minimum atomic E-state index is -0.955. The van der Waals surface area contributed by atoms with Gasteiger partial charge in [0, 0.05) is 26.3 Å². The Hall–Kier alpha value is -1.82. The molecule has 0 aliphatic heterocycles. The average molecular weight is 255 g/mol. The third kappa shape index (κ3) is 2.31. The summed E-state index contributed by atoms with van der Waals surface area (Å²) in [7, 11) is 1.52. The molecule has 17 heavy (non-hydrogen) atoms. The molecule has 2 heterocycles. The highest BCUT2D eigenvalue weighted by atomic mass is 35.5.